The van der Waals surface area contributed by atoms with Gasteiger partial charge in [0.1, 0.15) is 17.3 Å². The SMILES string of the molecule is O=C(c1cc(F)ccc1F)c1ccnn1-c1ccccc1. The van der Waals surface area contributed by atoms with Crippen LogP contribution in [0.2, 0.25) is 0 Å². The molecule has 3 aromatic rings. The Bertz CT molecular complexity index is 797. The van der Waals surface area contributed by atoms with Crippen LogP contribution in [0, 0.1) is 11.6 Å². The number of para-hydroxylation sites is 1. The van der Waals surface area contributed by atoms with Crippen molar-refractivity contribution in [3.05, 3.63) is 83.7 Å². The maximum atomic E-state index is 13.7. The van der Waals surface area contributed by atoms with Gasteiger partial charge in [0.05, 0.1) is 17.4 Å². The third-order valence-corrected chi connectivity index (χ3v) is 3.05. The lowest BCUT2D eigenvalue weighted by molar-refractivity contribution is 0.102. The molecule has 0 aliphatic rings. The first-order chi connectivity index (χ1) is 10.2. The summed E-state index contributed by atoms with van der Waals surface area (Å²) in [4.78, 5) is 12.4. The number of hydrogen-bond acceptors (Lipinski definition) is 2. The third-order valence-electron chi connectivity index (χ3n) is 3.05. The van der Waals surface area contributed by atoms with Crippen molar-refractivity contribution in [2.45, 2.75) is 0 Å². The van der Waals surface area contributed by atoms with Crippen LogP contribution < -0.4 is 0 Å². The van der Waals surface area contributed by atoms with Crippen LogP contribution in [0.3, 0.4) is 0 Å². The van der Waals surface area contributed by atoms with Gasteiger partial charge in [-0.1, -0.05) is 18.2 Å². The number of halogens is 2. The van der Waals surface area contributed by atoms with Crippen LogP contribution in [0.4, 0.5) is 8.78 Å². The highest BCUT2D eigenvalue weighted by molar-refractivity contribution is 6.08. The standard InChI is InChI=1S/C16H10F2N2O/c17-11-6-7-14(18)13(10-11)16(21)15-8-9-19-20(15)12-4-2-1-3-5-12/h1-10H. The van der Waals surface area contributed by atoms with Gasteiger partial charge in [-0.3, -0.25) is 4.79 Å². The molecule has 0 atom stereocenters. The molecule has 0 aliphatic carbocycles. The molecule has 0 radical (unpaired) electrons. The first-order valence-electron chi connectivity index (χ1n) is 6.26. The molecule has 0 saturated heterocycles. The highest BCUT2D eigenvalue weighted by atomic mass is 19.1. The highest BCUT2D eigenvalue weighted by Crippen LogP contribution is 2.17. The monoisotopic (exact) mass is 284 g/mol. The molecular formula is C16H10F2N2O. The highest BCUT2D eigenvalue weighted by Gasteiger charge is 2.19. The second kappa shape index (κ2) is 5.28. The Morgan fingerprint density at radius 1 is 1.00 bits per heavy atom. The van der Waals surface area contributed by atoms with Gasteiger partial charge in [0.15, 0.2) is 0 Å². The Labute approximate surface area is 119 Å². The van der Waals surface area contributed by atoms with E-state index in [9.17, 15) is 13.6 Å². The first kappa shape index (κ1) is 13.2. The van der Waals surface area contributed by atoms with E-state index in [-0.39, 0.29) is 11.3 Å². The Morgan fingerprint density at radius 3 is 2.52 bits per heavy atom. The fraction of sp³-hybridized carbons (Fsp3) is 0. The van der Waals surface area contributed by atoms with E-state index in [2.05, 4.69) is 5.10 Å². The molecule has 1 aromatic heterocycles. The first-order valence-corrected chi connectivity index (χ1v) is 6.26. The molecule has 2 aromatic carbocycles. The zero-order chi connectivity index (χ0) is 14.8. The van der Waals surface area contributed by atoms with Crippen LogP contribution in [0.5, 0.6) is 0 Å². The molecule has 5 heteroatoms. The van der Waals surface area contributed by atoms with Crippen LogP contribution >= 0.6 is 0 Å². The van der Waals surface area contributed by atoms with Crippen molar-refractivity contribution < 1.29 is 13.6 Å². The molecule has 0 aliphatic heterocycles. The fourth-order valence-electron chi connectivity index (χ4n) is 2.06. The summed E-state index contributed by atoms with van der Waals surface area (Å²) in [5, 5.41) is 4.06. The number of ketones is 1. The lowest BCUT2D eigenvalue weighted by Gasteiger charge is -2.07. The summed E-state index contributed by atoms with van der Waals surface area (Å²) >= 11 is 0. The molecule has 1 heterocycles. The molecule has 21 heavy (non-hydrogen) atoms. The summed E-state index contributed by atoms with van der Waals surface area (Å²) in [7, 11) is 0. The lowest BCUT2D eigenvalue weighted by Crippen LogP contribution is -2.11. The maximum absolute atomic E-state index is 13.7. The van der Waals surface area contributed by atoms with E-state index >= 15 is 0 Å². The maximum Gasteiger partial charge on any atom is 0.214 e. The van der Waals surface area contributed by atoms with Gasteiger partial charge in [-0.25, -0.2) is 13.5 Å². The van der Waals surface area contributed by atoms with Crippen molar-refractivity contribution in [1.29, 1.82) is 0 Å². The van der Waals surface area contributed by atoms with E-state index in [0.29, 0.717) is 5.69 Å². The number of carbonyl (C=O) groups excluding carboxylic acids is 1. The number of carbonyl (C=O) groups is 1. The van der Waals surface area contributed by atoms with Gasteiger partial charge in [0.25, 0.3) is 0 Å². The molecule has 3 nitrogen and oxygen atoms in total. The van der Waals surface area contributed by atoms with Crippen molar-refractivity contribution in [3.63, 3.8) is 0 Å². The number of aromatic nitrogens is 2. The Balaban J connectivity index is 2.08. The van der Waals surface area contributed by atoms with Crippen LogP contribution in [0.25, 0.3) is 5.69 Å². The zero-order valence-corrected chi connectivity index (χ0v) is 10.8. The van der Waals surface area contributed by atoms with Gasteiger partial charge in [0, 0.05) is 0 Å². The van der Waals surface area contributed by atoms with Gasteiger partial charge in [-0.15, -0.1) is 0 Å². The molecule has 0 amide bonds. The quantitative estimate of drug-likeness (QED) is 0.691. The minimum atomic E-state index is -0.762. The number of benzene rings is 2. The number of nitrogens with zero attached hydrogens (tertiary/aromatic N) is 2. The van der Waals surface area contributed by atoms with E-state index in [4.69, 9.17) is 0 Å². The summed E-state index contributed by atoms with van der Waals surface area (Å²) in [5.74, 6) is -2.04. The molecule has 104 valence electrons. The van der Waals surface area contributed by atoms with Crippen molar-refractivity contribution in [2.75, 3.05) is 0 Å². The topological polar surface area (TPSA) is 34.9 Å². The average molecular weight is 284 g/mol. The predicted molar refractivity (Wildman–Crippen MR) is 73.4 cm³/mol. The Hall–Kier alpha value is -2.82. The molecule has 0 fully saturated rings. The van der Waals surface area contributed by atoms with Crippen LogP contribution in [0.1, 0.15) is 16.1 Å². The molecule has 3 rings (SSSR count). The molecule has 0 spiro atoms. The van der Waals surface area contributed by atoms with Crippen LogP contribution in [-0.4, -0.2) is 15.6 Å². The van der Waals surface area contributed by atoms with Gasteiger partial charge >= 0.3 is 0 Å². The second-order valence-electron chi connectivity index (χ2n) is 4.42. The number of rotatable bonds is 3. The minimum absolute atomic E-state index is 0.172. The second-order valence-corrected chi connectivity index (χ2v) is 4.42. The van der Waals surface area contributed by atoms with E-state index in [1.54, 1.807) is 24.3 Å². The smallest absolute Gasteiger partial charge is 0.214 e. The van der Waals surface area contributed by atoms with Crippen LogP contribution in [0.15, 0.2) is 60.8 Å². The number of hydrogen-bond donors (Lipinski definition) is 0. The average Bonchev–Trinajstić information content (AvgIpc) is 2.99. The van der Waals surface area contributed by atoms with E-state index in [0.717, 1.165) is 18.2 Å². The van der Waals surface area contributed by atoms with E-state index in [1.807, 2.05) is 6.07 Å². The van der Waals surface area contributed by atoms with Crippen molar-refractivity contribution >= 4 is 5.78 Å². The normalized spacial score (nSPS) is 10.6. The largest absolute Gasteiger partial charge is 0.287 e. The fourth-order valence-corrected chi connectivity index (χ4v) is 2.06. The third kappa shape index (κ3) is 2.45. The molecule has 0 bridgehead atoms. The Kier molecular flexibility index (Phi) is 3.31. The summed E-state index contributed by atoms with van der Waals surface area (Å²) in [5.41, 5.74) is 0.529. The molecular weight excluding hydrogens is 274 g/mol. The predicted octanol–water partition coefficient (Wildman–Crippen LogP) is 3.38. The van der Waals surface area contributed by atoms with E-state index in [1.165, 1.54) is 16.9 Å². The van der Waals surface area contributed by atoms with E-state index < -0.39 is 17.4 Å². The minimum Gasteiger partial charge on any atom is -0.287 e. The van der Waals surface area contributed by atoms with Gasteiger partial charge in [-0.2, -0.15) is 5.10 Å². The van der Waals surface area contributed by atoms with Crippen molar-refractivity contribution in [3.8, 4) is 5.69 Å². The summed E-state index contributed by atoms with van der Waals surface area (Å²) in [6.07, 6.45) is 1.44. The molecule has 0 unspecified atom stereocenters. The van der Waals surface area contributed by atoms with Crippen molar-refractivity contribution in [2.24, 2.45) is 0 Å². The lowest BCUT2D eigenvalue weighted by atomic mass is 10.1. The molecule has 0 N–H and O–H groups in total. The van der Waals surface area contributed by atoms with Gasteiger partial charge in [-0.05, 0) is 36.4 Å². The summed E-state index contributed by atoms with van der Waals surface area (Å²) in [6, 6.07) is 13.2. The Morgan fingerprint density at radius 2 is 1.76 bits per heavy atom. The van der Waals surface area contributed by atoms with Gasteiger partial charge in [0.2, 0.25) is 5.78 Å². The van der Waals surface area contributed by atoms with Gasteiger partial charge < -0.3 is 0 Å². The van der Waals surface area contributed by atoms with Crippen LogP contribution in [-0.2, 0) is 0 Å². The summed E-state index contributed by atoms with van der Waals surface area (Å²) in [6.45, 7) is 0. The zero-order valence-electron chi connectivity index (χ0n) is 10.8. The summed E-state index contributed by atoms with van der Waals surface area (Å²) < 4.78 is 28.4. The molecule has 0 saturated carbocycles. The van der Waals surface area contributed by atoms with Crippen molar-refractivity contribution in [1.82, 2.24) is 9.78 Å².